The minimum atomic E-state index is -4.16. The summed E-state index contributed by atoms with van der Waals surface area (Å²) in [5.41, 5.74) is 0.838. The standard InChI is InChI=1S/C25H35Cl3N4O4S2Si/c1-25(2,3)39(5,6)36-22-20(30-24(37)29-19-11-7-10-17(26)21(19)28)13-12-18(27)23(22)38(33,34)31-32-14-8-9-16(32)15-35-4/h7,10-13,16,31H,8-9,14-15H2,1-6H3,(H2,29,30,37). The molecule has 3 rings (SSSR count). The number of rotatable bonds is 9. The highest BCUT2D eigenvalue weighted by atomic mass is 35.5. The van der Waals surface area contributed by atoms with Crippen LogP contribution < -0.4 is 19.9 Å². The lowest BCUT2D eigenvalue weighted by molar-refractivity contribution is 0.104. The number of ether oxygens (including phenoxy) is 1. The van der Waals surface area contributed by atoms with Crippen molar-refractivity contribution in [3.63, 3.8) is 0 Å². The van der Waals surface area contributed by atoms with Crippen LogP contribution >= 0.6 is 47.0 Å². The molecule has 14 heteroatoms. The van der Waals surface area contributed by atoms with E-state index in [1.807, 2.05) is 13.1 Å². The number of nitrogens with zero attached hydrogens (tertiary/aromatic N) is 1. The minimum absolute atomic E-state index is 0.0287. The largest absolute Gasteiger partial charge is 0.541 e. The molecule has 1 aliphatic rings. The summed E-state index contributed by atoms with van der Waals surface area (Å²) >= 11 is 24.6. The minimum Gasteiger partial charge on any atom is -0.541 e. The first kappa shape index (κ1) is 32.4. The first-order chi connectivity index (χ1) is 18.1. The van der Waals surface area contributed by atoms with Crippen LogP contribution in [0.5, 0.6) is 5.75 Å². The van der Waals surface area contributed by atoms with E-state index >= 15 is 0 Å². The zero-order chi connectivity index (χ0) is 29.2. The van der Waals surface area contributed by atoms with Gasteiger partial charge in [0.2, 0.25) is 0 Å². The van der Waals surface area contributed by atoms with Crippen molar-refractivity contribution in [2.75, 3.05) is 30.9 Å². The van der Waals surface area contributed by atoms with Crippen molar-refractivity contribution in [1.82, 2.24) is 9.84 Å². The van der Waals surface area contributed by atoms with Gasteiger partial charge in [-0.25, -0.2) is 13.4 Å². The molecular formula is C25H35Cl3N4O4S2Si. The van der Waals surface area contributed by atoms with Crippen LogP contribution in [0.2, 0.25) is 33.2 Å². The molecule has 1 heterocycles. The molecule has 1 aliphatic heterocycles. The van der Waals surface area contributed by atoms with Gasteiger partial charge in [0.15, 0.2) is 5.11 Å². The summed E-state index contributed by atoms with van der Waals surface area (Å²) in [4.78, 5) is 2.55. The highest BCUT2D eigenvalue weighted by Crippen LogP contribution is 2.44. The van der Waals surface area contributed by atoms with E-state index in [9.17, 15) is 8.42 Å². The summed E-state index contributed by atoms with van der Waals surface area (Å²) < 4.78 is 39.7. The second kappa shape index (κ2) is 12.8. The van der Waals surface area contributed by atoms with Gasteiger partial charge in [-0.2, -0.15) is 0 Å². The third-order valence-electron chi connectivity index (χ3n) is 6.92. The van der Waals surface area contributed by atoms with E-state index in [2.05, 4.69) is 36.2 Å². The number of benzene rings is 2. The van der Waals surface area contributed by atoms with Crippen LogP contribution in [0.4, 0.5) is 11.4 Å². The zero-order valence-electron chi connectivity index (χ0n) is 22.8. The van der Waals surface area contributed by atoms with Gasteiger partial charge in [-0.05, 0) is 67.5 Å². The molecule has 1 fully saturated rings. The third kappa shape index (κ3) is 7.78. The Balaban J connectivity index is 2.05. The van der Waals surface area contributed by atoms with Crippen molar-refractivity contribution >= 4 is 81.8 Å². The molecule has 0 saturated carbocycles. The summed E-state index contributed by atoms with van der Waals surface area (Å²) in [5.74, 6) is 0.102. The molecule has 1 atom stereocenters. The molecule has 1 unspecified atom stereocenters. The van der Waals surface area contributed by atoms with Gasteiger partial charge in [0.1, 0.15) is 10.6 Å². The first-order valence-electron chi connectivity index (χ1n) is 12.4. The van der Waals surface area contributed by atoms with Crippen LogP contribution in [-0.4, -0.2) is 53.2 Å². The summed E-state index contributed by atoms with van der Waals surface area (Å²) in [5, 5.41) is 8.40. The molecule has 39 heavy (non-hydrogen) atoms. The Bertz CT molecular complexity index is 1320. The van der Waals surface area contributed by atoms with Crippen molar-refractivity contribution in [2.24, 2.45) is 0 Å². The zero-order valence-corrected chi connectivity index (χ0v) is 27.7. The molecule has 216 valence electrons. The van der Waals surface area contributed by atoms with Gasteiger partial charge in [-0.3, -0.25) is 0 Å². The lowest BCUT2D eigenvalue weighted by Gasteiger charge is -2.38. The number of hydrazine groups is 1. The fraction of sp³-hybridized carbons (Fsp3) is 0.480. The predicted molar refractivity (Wildman–Crippen MR) is 168 cm³/mol. The Kier molecular flexibility index (Phi) is 10.6. The maximum absolute atomic E-state index is 13.9. The molecule has 8 nitrogen and oxygen atoms in total. The monoisotopic (exact) mass is 652 g/mol. The summed E-state index contributed by atoms with van der Waals surface area (Å²) in [6, 6.07) is 8.18. The molecule has 3 N–H and O–H groups in total. The van der Waals surface area contributed by atoms with E-state index in [1.54, 1.807) is 36.4 Å². The molecule has 0 aromatic heterocycles. The number of sulfonamides is 1. The fourth-order valence-corrected chi connectivity index (χ4v) is 7.28. The van der Waals surface area contributed by atoms with Gasteiger partial charge in [0, 0.05) is 19.7 Å². The van der Waals surface area contributed by atoms with Gasteiger partial charge in [-0.15, -0.1) is 4.83 Å². The Morgan fingerprint density at radius 2 is 1.77 bits per heavy atom. The average Bonchev–Trinajstić information content (AvgIpc) is 3.23. The Morgan fingerprint density at radius 3 is 2.41 bits per heavy atom. The topological polar surface area (TPSA) is 91.9 Å². The predicted octanol–water partition coefficient (Wildman–Crippen LogP) is 7.14. The van der Waals surface area contributed by atoms with Crippen LogP contribution in [0.1, 0.15) is 33.6 Å². The third-order valence-corrected chi connectivity index (χ3v) is 14.1. The second-order valence-corrected chi connectivity index (χ2v) is 18.8. The van der Waals surface area contributed by atoms with Crippen molar-refractivity contribution in [2.45, 2.75) is 62.7 Å². The molecule has 1 saturated heterocycles. The van der Waals surface area contributed by atoms with Crippen molar-refractivity contribution < 1.29 is 17.6 Å². The van der Waals surface area contributed by atoms with Crippen LogP contribution in [-0.2, 0) is 14.8 Å². The molecule has 0 amide bonds. The smallest absolute Gasteiger partial charge is 0.258 e. The lowest BCUT2D eigenvalue weighted by Crippen LogP contribution is -2.47. The van der Waals surface area contributed by atoms with Crippen molar-refractivity contribution in [1.29, 1.82) is 0 Å². The maximum Gasteiger partial charge on any atom is 0.258 e. The Hall–Kier alpha value is -1.15. The second-order valence-electron chi connectivity index (χ2n) is 10.8. The molecule has 2 aromatic rings. The lowest BCUT2D eigenvalue weighted by atomic mass is 10.2. The molecule has 0 spiro atoms. The van der Waals surface area contributed by atoms with Crippen LogP contribution in [0, 0.1) is 0 Å². The van der Waals surface area contributed by atoms with Gasteiger partial charge in [0.25, 0.3) is 18.3 Å². The molecule has 0 aliphatic carbocycles. The normalized spacial score (nSPS) is 16.8. The van der Waals surface area contributed by atoms with Crippen LogP contribution in [0.25, 0.3) is 0 Å². The summed E-state index contributed by atoms with van der Waals surface area (Å²) in [6.45, 7) is 11.2. The van der Waals surface area contributed by atoms with E-state index in [0.717, 1.165) is 12.8 Å². The van der Waals surface area contributed by atoms with Crippen LogP contribution in [0.3, 0.4) is 0 Å². The van der Waals surface area contributed by atoms with E-state index < -0.39 is 18.3 Å². The van der Waals surface area contributed by atoms with Crippen molar-refractivity contribution in [3.8, 4) is 5.75 Å². The van der Waals surface area contributed by atoms with Gasteiger partial charge >= 0.3 is 0 Å². The van der Waals surface area contributed by atoms with E-state index in [4.69, 9.17) is 56.2 Å². The van der Waals surface area contributed by atoms with Gasteiger partial charge in [-0.1, -0.05) is 61.6 Å². The molecular weight excluding hydrogens is 619 g/mol. The summed E-state index contributed by atoms with van der Waals surface area (Å²) in [6.07, 6.45) is 1.65. The Labute approximate surface area is 252 Å². The average molecular weight is 654 g/mol. The highest BCUT2D eigenvalue weighted by molar-refractivity contribution is 7.89. The maximum atomic E-state index is 13.9. The number of nitrogens with one attached hydrogen (secondary N) is 3. The van der Waals surface area contributed by atoms with Gasteiger partial charge < -0.3 is 19.8 Å². The van der Waals surface area contributed by atoms with E-state index in [-0.39, 0.29) is 31.9 Å². The quantitative estimate of drug-likeness (QED) is 0.194. The number of hydrogen-bond acceptors (Lipinski definition) is 6. The highest BCUT2D eigenvalue weighted by Gasteiger charge is 2.42. The van der Waals surface area contributed by atoms with E-state index in [0.29, 0.717) is 34.6 Å². The van der Waals surface area contributed by atoms with Crippen LogP contribution in [0.15, 0.2) is 35.2 Å². The molecule has 0 bridgehead atoms. The number of hydrogen-bond donors (Lipinski definition) is 3. The number of methoxy groups -OCH3 is 1. The number of halogens is 3. The Morgan fingerprint density at radius 1 is 1.10 bits per heavy atom. The first-order valence-corrected chi connectivity index (χ1v) is 18.3. The number of thiocarbonyl (C=S) groups is 1. The fourth-order valence-electron chi connectivity index (χ4n) is 3.79. The molecule has 2 aromatic carbocycles. The van der Waals surface area contributed by atoms with Gasteiger partial charge in [0.05, 0.1) is 33.0 Å². The van der Waals surface area contributed by atoms with Crippen molar-refractivity contribution in [3.05, 3.63) is 45.4 Å². The molecule has 0 radical (unpaired) electrons. The SMILES string of the molecule is COCC1CCCN1NS(=O)(=O)c1c(Cl)ccc(NC(=S)Nc2cccc(Cl)c2Cl)c1O[Si](C)(C)C(C)(C)C. The van der Waals surface area contributed by atoms with E-state index in [1.165, 1.54) is 6.07 Å². The number of anilines is 2. The summed E-state index contributed by atoms with van der Waals surface area (Å²) in [7, 11) is -5.12.